The topological polar surface area (TPSA) is 35.5 Å². The monoisotopic (exact) mass is 404 g/mol. The predicted molar refractivity (Wildman–Crippen MR) is 118 cm³/mol. The van der Waals surface area contributed by atoms with Gasteiger partial charge in [0.15, 0.2) is 17.3 Å². The van der Waals surface area contributed by atoms with Gasteiger partial charge in [-0.3, -0.25) is 4.79 Å². The minimum atomic E-state index is 0.287. The van der Waals surface area contributed by atoms with Crippen molar-refractivity contribution in [3.05, 3.63) is 59.2 Å². The van der Waals surface area contributed by atoms with E-state index in [1.54, 1.807) is 0 Å². The second kappa shape index (κ2) is 7.76. The minimum absolute atomic E-state index is 0.287. The summed E-state index contributed by atoms with van der Waals surface area (Å²) in [7, 11) is 0. The van der Waals surface area contributed by atoms with Crippen molar-refractivity contribution >= 4 is 5.78 Å². The van der Waals surface area contributed by atoms with Crippen molar-refractivity contribution in [1.82, 2.24) is 0 Å². The lowest BCUT2D eigenvalue weighted by molar-refractivity contribution is 0.0526. The highest BCUT2D eigenvalue weighted by Gasteiger charge is 2.51. The first kappa shape index (κ1) is 19.7. The Kier molecular flexibility index (Phi) is 5.08. The van der Waals surface area contributed by atoms with Gasteiger partial charge in [-0.25, -0.2) is 0 Å². The molecule has 0 radical (unpaired) electrons. The number of ether oxygens (including phenoxy) is 2. The fourth-order valence-electron chi connectivity index (χ4n) is 6.52. The molecular formula is C27H32O3. The number of ketones is 1. The molecule has 0 spiro atoms. The van der Waals surface area contributed by atoms with Gasteiger partial charge < -0.3 is 9.47 Å². The molecule has 0 bridgehead atoms. The zero-order valence-corrected chi connectivity index (χ0v) is 18.2. The van der Waals surface area contributed by atoms with Crippen LogP contribution in [0.3, 0.4) is 0 Å². The molecule has 2 aromatic rings. The summed E-state index contributed by atoms with van der Waals surface area (Å²) < 4.78 is 12.1. The van der Waals surface area contributed by atoms with E-state index in [9.17, 15) is 4.79 Å². The summed E-state index contributed by atoms with van der Waals surface area (Å²) in [6, 6.07) is 14.2. The summed E-state index contributed by atoms with van der Waals surface area (Å²) in [6.07, 6.45) is 7.11. The number of benzene rings is 2. The lowest BCUT2D eigenvalue weighted by Crippen LogP contribution is -2.41. The van der Waals surface area contributed by atoms with Crippen LogP contribution >= 0.6 is 0 Å². The first-order valence-electron chi connectivity index (χ1n) is 11.6. The zero-order chi connectivity index (χ0) is 20.7. The van der Waals surface area contributed by atoms with Gasteiger partial charge in [0.2, 0.25) is 0 Å². The molecule has 0 N–H and O–H groups in total. The first-order valence-corrected chi connectivity index (χ1v) is 11.6. The van der Waals surface area contributed by atoms with E-state index in [0.29, 0.717) is 48.6 Å². The van der Waals surface area contributed by atoms with Crippen LogP contribution in [0.1, 0.15) is 79.8 Å². The van der Waals surface area contributed by atoms with E-state index < -0.39 is 0 Å². The highest BCUT2D eigenvalue weighted by molar-refractivity contribution is 6.00. The Morgan fingerprint density at radius 1 is 1.03 bits per heavy atom. The molecule has 0 heterocycles. The summed E-state index contributed by atoms with van der Waals surface area (Å²) >= 11 is 0. The maximum absolute atomic E-state index is 13.2. The van der Waals surface area contributed by atoms with Crippen LogP contribution in [0.15, 0.2) is 42.5 Å². The van der Waals surface area contributed by atoms with E-state index in [0.717, 1.165) is 16.9 Å². The average Bonchev–Trinajstić information content (AvgIpc) is 3.16. The van der Waals surface area contributed by atoms with Crippen molar-refractivity contribution in [2.75, 3.05) is 6.61 Å². The number of fused-ring (bicyclic) bond motifs is 5. The van der Waals surface area contributed by atoms with Gasteiger partial charge in [0.25, 0.3) is 0 Å². The van der Waals surface area contributed by atoms with Gasteiger partial charge in [-0.2, -0.15) is 0 Å². The van der Waals surface area contributed by atoms with E-state index in [1.165, 1.54) is 37.7 Å². The van der Waals surface area contributed by atoms with Gasteiger partial charge in [0.05, 0.1) is 6.61 Å². The van der Waals surface area contributed by atoms with Crippen molar-refractivity contribution in [2.45, 2.75) is 64.9 Å². The summed E-state index contributed by atoms with van der Waals surface area (Å²) in [5, 5.41) is 0. The largest absolute Gasteiger partial charge is 0.490 e. The molecule has 3 aliphatic carbocycles. The van der Waals surface area contributed by atoms with E-state index in [1.807, 2.05) is 31.2 Å². The van der Waals surface area contributed by atoms with Gasteiger partial charge in [-0.05, 0) is 79.0 Å². The van der Waals surface area contributed by atoms with E-state index in [2.05, 4.69) is 25.1 Å². The minimum Gasteiger partial charge on any atom is -0.490 e. The Morgan fingerprint density at radius 3 is 2.63 bits per heavy atom. The van der Waals surface area contributed by atoms with Crippen molar-refractivity contribution < 1.29 is 14.3 Å². The van der Waals surface area contributed by atoms with Crippen molar-refractivity contribution in [3.8, 4) is 11.5 Å². The Balaban J connectivity index is 1.48. The summed E-state index contributed by atoms with van der Waals surface area (Å²) in [5.74, 6) is 3.43. The van der Waals surface area contributed by atoms with E-state index in [4.69, 9.17) is 9.47 Å². The van der Waals surface area contributed by atoms with Gasteiger partial charge in [-0.1, -0.05) is 43.7 Å². The summed E-state index contributed by atoms with van der Waals surface area (Å²) in [6.45, 7) is 5.52. The Hall–Kier alpha value is -2.29. The standard InChI is InChI=1S/C27H32O3/c1-3-29-25-15-20-19-11-13-27(2)12-7-10-23(27)21(19)14-24(28)22(20)16-26(25)30-17-18-8-5-4-6-9-18/h4-6,8-9,15-16,19,21,23H,3,7,10-14,17H2,1-2H3/t19-,21-,23+,27+/m1/s1. The zero-order valence-electron chi connectivity index (χ0n) is 18.2. The molecule has 0 saturated heterocycles. The van der Waals surface area contributed by atoms with Crippen molar-refractivity contribution in [3.63, 3.8) is 0 Å². The van der Waals surface area contributed by atoms with Crippen LogP contribution in [-0.4, -0.2) is 12.4 Å². The molecule has 2 aromatic carbocycles. The highest BCUT2D eigenvalue weighted by atomic mass is 16.5. The number of Topliss-reactive ketones (excluding diaryl/α,β-unsaturated/α-hetero) is 1. The second-order valence-corrected chi connectivity index (χ2v) is 9.68. The maximum atomic E-state index is 13.2. The molecule has 3 aliphatic rings. The van der Waals surface area contributed by atoms with Crippen LogP contribution < -0.4 is 9.47 Å². The molecular weight excluding hydrogens is 372 g/mol. The van der Waals surface area contributed by atoms with Crippen LogP contribution in [0, 0.1) is 17.3 Å². The molecule has 3 nitrogen and oxygen atoms in total. The van der Waals surface area contributed by atoms with Gasteiger partial charge >= 0.3 is 0 Å². The van der Waals surface area contributed by atoms with Crippen LogP contribution in [-0.2, 0) is 6.61 Å². The van der Waals surface area contributed by atoms with Crippen molar-refractivity contribution in [2.24, 2.45) is 17.3 Å². The molecule has 3 heteroatoms. The van der Waals surface area contributed by atoms with Crippen LogP contribution in [0.25, 0.3) is 0 Å². The Morgan fingerprint density at radius 2 is 1.83 bits per heavy atom. The van der Waals surface area contributed by atoms with Gasteiger partial charge in [0.1, 0.15) is 6.61 Å². The Labute approximate surface area is 179 Å². The summed E-state index contributed by atoms with van der Waals surface area (Å²) in [4.78, 5) is 13.2. The maximum Gasteiger partial charge on any atom is 0.163 e. The highest BCUT2D eigenvalue weighted by Crippen LogP contribution is 2.61. The van der Waals surface area contributed by atoms with Crippen LogP contribution in [0.5, 0.6) is 11.5 Å². The van der Waals surface area contributed by atoms with Gasteiger partial charge in [0, 0.05) is 12.0 Å². The van der Waals surface area contributed by atoms with E-state index >= 15 is 0 Å². The molecule has 4 atom stereocenters. The lowest BCUT2D eigenvalue weighted by Gasteiger charge is -2.48. The first-order chi connectivity index (χ1) is 14.6. The average molecular weight is 405 g/mol. The lowest BCUT2D eigenvalue weighted by atomic mass is 9.55. The van der Waals surface area contributed by atoms with Crippen LogP contribution in [0.4, 0.5) is 0 Å². The summed E-state index contributed by atoms with van der Waals surface area (Å²) in [5.41, 5.74) is 3.63. The number of carbonyl (C=O) groups excluding carboxylic acids is 1. The molecule has 2 fully saturated rings. The molecule has 0 amide bonds. The molecule has 5 rings (SSSR count). The number of carbonyl (C=O) groups is 1. The fraction of sp³-hybridized carbons (Fsp3) is 0.519. The van der Waals surface area contributed by atoms with Gasteiger partial charge in [-0.15, -0.1) is 0 Å². The third kappa shape index (κ3) is 3.33. The molecule has 0 unspecified atom stereocenters. The fourth-order valence-corrected chi connectivity index (χ4v) is 6.52. The molecule has 0 aliphatic heterocycles. The number of rotatable bonds is 5. The third-order valence-corrected chi connectivity index (χ3v) is 7.99. The molecule has 0 aromatic heterocycles. The molecule has 30 heavy (non-hydrogen) atoms. The SMILES string of the molecule is CCOc1cc2c(cc1OCc1ccccc1)C(=O)C[C@@H]1[C@@H]2CC[C@]2(C)CCC[C@@H]12. The molecule has 158 valence electrons. The number of hydrogen-bond donors (Lipinski definition) is 0. The second-order valence-electron chi connectivity index (χ2n) is 9.68. The normalized spacial score (nSPS) is 29.7. The number of hydrogen-bond acceptors (Lipinski definition) is 3. The molecule has 2 saturated carbocycles. The quantitative estimate of drug-likeness (QED) is 0.567. The third-order valence-electron chi connectivity index (χ3n) is 7.99. The van der Waals surface area contributed by atoms with E-state index in [-0.39, 0.29) is 5.78 Å². The Bertz CT molecular complexity index is 935. The van der Waals surface area contributed by atoms with Crippen LogP contribution in [0.2, 0.25) is 0 Å². The van der Waals surface area contributed by atoms with Crippen molar-refractivity contribution in [1.29, 1.82) is 0 Å². The predicted octanol–water partition coefficient (Wildman–Crippen LogP) is 6.55. The smallest absolute Gasteiger partial charge is 0.163 e.